The lowest BCUT2D eigenvalue weighted by molar-refractivity contribution is 0.100. The molecule has 0 N–H and O–H groups in total. The van der Waals surface area contributed by atoms with Gasteiger partial charge in [-0.1, -0.05) is 99.0 Å². The fourth-order valence-corrected chi connectivity index (χ4v) is 10.4. The van der Waals surface area contributed by atoms with Crippen molar-refractivity contribution in [1.82, 2.24) is 19.5 Å². The Bertz CT molecular complexity index is 3040. The van der Waals surface area contributed by atoms with E-state index in [1.54, 1.807) is 0 Å². The zero-order chi connectivity index (χ0) is 38.1. The minimum atomic E-state index is 0.281. The number of fused-ring (bicyclic) bond motifs is 8. The molecule has 2 aliphatic rings. The van der Waals surface area contributed by atoms with Gasteiger partial charge in [0.15, 0.2) is 17.5 Å². The number of para-hydroxylation sites is 3. The summed E-state index contributed by atoms with van der Waals surface area (Å²) >= 11 is 0. The van der Waals surface area contributed by atoms with Crippen molar-refractivity contribution in [2.45, 2.75) is 57.3 Å². The summed E-state index contributed by atoms with van der Waals surface area (Å²) in [7, 11) is 0. The molecule has 57 heavy (non-hydrogen) atoms. The summed E-state index contributed by atoms with van der Waals surface area (Å²) in [6, 6.07) is 48.6. The highest BCUT2D eigenvalue weighted by Crippen LogP contribution is 2.53. The fourth-order valence-electron chi connectivity index (χ4n) is 10.4. The molecule has 9 aromatic rings. The van der Waals surface area contributed by atoms with Gasteiger partial charge in [0.1, 0.15) is 11.2 Å². The van der Waals surface area contributed by atoms with Gasteiger partial charge in [0.2, 0.25) is 0 Å². The highest BCUT2D eigenvalue weighted by Gasteiger charge is 2.43. The van der Waals surface area contributed by atoms with Gasteiger partial charge in [-0.3, -0.25) is 0 Å². The number of hydrogen-bond donors (Lipinski definition) is 0. The maximum atomic E-state index is 9.64. The lowest BCUT2D eigenvalue weighted by Crippen LogP contribution is -2.40. The van der Waals surface area contributed by atoms with E-state index in [0.717, 1.165) is 78.0 Å². The van der Waals surface area contributed by atoms with E-state index in [9.17, 15) is 5.26 Å². The zero-order valence-electron chi connectivity index (χ0n) is 32.0. The molecule has 0 amide bonds. The molecule has 3 heterocycles. The predicted octanol–water partition coefficient (Wildman–Crippen LogP) is 13.0. The van der Waals surface area contributed by atoms with E-state index in [-0.39, 0.29) is 5.41 Å². The van der Waals surface area contributed by atoms with Gasteiger partial charge >= 0.3 is 0 Å². The smallest absolute Gasteiger partial charge is 0.167 e. The molecule has 0 aliphatic heterocycles. The number of hydrogen-bond acceptors (Lipinski definition) is 5. The van der Waals surface area contributed by atoms with Crippen molar-refractivity contribution in [3.63, 3.8) is 0 Å². The first kappa shape index (κ1) is 33.7. The van der Waals surface area contributed by atoms with E-state index < -0.39 is 0 Å². The van der Waals surface area contributed by atoms with Crippen LogP contribution in [-0.4, -0.2) is 19.5 Å². The topological polar surface area (TPSA) is 80.5 Å². The first-order valence-electron chi connectivity index (χ1n) is 20.4. The Morgan fingerprint density at radius 2 is 1.40 bits per heavy atom. The molecule has 2 fully saturated rings. The summed E-state index contributed by atoms with van der Waals surface area (Å²) in [5.74, 6) is 3.49. The van der Waals surface area contributed by atoms with Crippen LogP contribution >= 0.6 is 0 Å². The first-order valence-corrected chi connectivity index (χ1v) is 20.4. The van der Waals surface area contributed by atoms with Crippen LogP contribution in [0.25, 0.3) is 83.6 Å². The quantitative estimate of drug-likeness (QED) is 0.170. The highest BCUT2D eigenvalue weighted by molar-refractivity contribution is 6.10. The molecule has 6 aromatic carbocycles. The van der Waals surface area contributed by atoms with Gasteiger partial charge in [0.25, 0.3) is 0 Å². The summed E-state index contributed by atoms with van der Waals surface area (Å²) < 4.78 is 8.75. The van der Waals surface area contributed by atoms with Crippen LogP contribution in [0.5, 0.6) is 0 Å². The second-order valence-corrected chi connectivity index (χ2v) is 16.4. The maximum absolute atomic E-state index is 9.64. The lowest BCUT2D eigenvalue weighted by atomic mass is 9.56. The van der Waals surface area contributed by atoms with Crippen LogP contribution in [-0.2, 0) is 5.41 Å². The Morgan fingerprint density at radius 3 is 2.19 bits per heavy atom. The summed E-state index contributed by atoms with van der Waals surface area (Å²) in [5, 5.41) is 13.9. The van der Waals surface area contributed by atoms with Crippen molar-refractivity contribution in [2.24, 2.45) is 11.8 Å². The molecule has 0 saturated heterocycles. The van der Waals surface area contributed by atoms with E-state index in [1.165, 1.54) is 50.5 Å². The van der Waals surface area contributed by atoms with Crippen molar-refractivity contribution in [1.29, 1.82) is 5.26 Å². The molecule has 2 saturated carbocycles. The van der Waals surface area contributed by atoms with Gasteiger partial charge in [0, 0.05) is 38.4 Å². The van der Waals surface area contributed by atoms with Gasteiger partial charge in [-0.15, -0.1) is 0 Å². The number of benzene rings is 6. The van der Waals surface area contributed by atoms with Gasteiger partial charge in [0.05, 0.1) is 28.2 Å². The Labute approximate surface area is 331 Å². The van der Waals surface area contributed by atoms with Crippen molar-refractivity contribution < 1.29 is 4.42 Å². The number of nitrogens with zero attached hydrogens (tertiary/aromatic N) is 5. The molecule has 6 heteroatoms. The second kappa shape index (κ2) is 13.3. The van der Waals surface area contributed by atoms with Crippen LogP contribution < -0.4 is 0 Å². The standard InChI is InChI=1S/C51H41N5O/c1-2-32-27-33-9-8-26-51(29-32,30-33)37-21-17-35(18-22-37)48-53-49(55-50(54-48)42-13-7-12-41-40-11-4-6-15-46(40)57-47(41)42)36-19-23-38(24-20-36)56-44-14-5-3-10-39(44)43-28-34(31-52)16-25-45(43)56/h3-7,10-25,28,32-33H,2,8-9,26-27,29-30H2,1H3/t32-,33+,51?/m1/s1. The molecule has 3 aromatic heterocycles. The molecule has 0 spiro atoms. The number of rotatable bonds is 6. The van der Waals surface area contributed by atoms with Crippen molar-refractivity contribution in [2.75, 3.05) is 0 Å². The molecule has 11 rings (SSSR count). The summed E-state index contributed by atoms with van der Waals surface area (Å²) in [6.45, 7) is 2.37. The molecule has 276 valence electrons. The second-order valence-electron chi connectivity index (χ2n) is 16.4. The molecule has 3 atom stereocenters. The molecule has 2 bridgehead atoms. The number of furan rings is 1. The summed E-state index contributed by atoms with van der Waals surface area (Å²) in [6.07, 6.45) is 9.28. The first-order chi connectivity index (χ1) is 28.1. The lowest BCUT2D eigenvalue weighted by Gasteiger charge is -2.49. The molecular formula is C51H41N5O. The Kier molecular flexibility index (Phi) is 7.86. The van der Waals surface area contributed by atoms with E-state index in [2.05, 4.69) is 102 Å². The largest absolute Gasteiger partial charge is 0.455 e. The van der Waals surface area contributed by atoms with Crippen molar-refractivity contribution in [3.05, 3.63) is 145 Å². The van der Waals surface area contributed by atoms with Crippen LogP contribution in [0.15, 0.2) is 138 Å². The molecule has 0 radical (unpaired) electrons. The van der Waals surface area contributed by atoms with Crippen LogP contribution in [0.4, 0.5) is 0 Å². The van der Waals surface area contributed by atoms with Crippen molar-refractivity contribution in [3.8, 4) is 45.9 Å². The maximum Gasteiger partial charge on any atom is 0.167 e. The monoisotopic (exact) mass is 739 g/mol. The highest BCUT2D eigenvalue weighted by atomic mass is 16.3. The van der Waals surface area contributed by atoms with E-state index >= 15 is 0 Å². The molecule has 6 nitrogen and oxygen atoms in total. The third-order valence-corrected chi connectivity index (χ3v) is 13.1. The van der Waals surface area contributed by atoms with E-state index in [0.29, 0.717) is 23.0 Å². The van der Waals surface area contributed by atoms with Crippen LogP contribution in [0.2, 0.25) is 0 Å². The molecular weight excluding hydrogens is 699 g/mol. The van der Waals surface area contributed by atoms with Gasteiger partial charge in [-0.05, 0) is 109 Å². The van der Waals surface area contributed by atoms with Gasteiger partial charge in [-0.25, -0.2) is 15.0 Å². The minimum Gasteiger partial charge on any atom is -0.455 e. The predicted molar refractivity (Wildman–Crippen MR) is 229 cm³/mol. The Balaban J connectivity index is 1.03. The Morgan fingerprint density at radius 1 is 0.702 bits per heavy atom. The van der Waals surface area contributed by atoms with Gasteiger partial charge in [-0.2, -0.15) is 5.26 Å². The van der Waals surface area contributed by atoms with Crippen LogP contribution in [0, 0.1) is 23.2 Å². The molecule has 1 unspecified atom stereocenters. The third-order valence-electron chi connectivity index (χ3n) is 13.1. The number of nitriles is 1. The average Bonchev–Trinajstić information content (AvgIpc) is 3.82. The van der Waals surface area contributed by atoms with Crippen LogP contribution in [0.1, 0.15) is 63.0 Å². The van der Waals surface area contributed by atoms with E-state index in [1.807, 2.05) is 48.5 Å². The SMILES string of the molecule is CC[C@@H]1C[C@@H]2CCCC(c3ccc(-c4nc(-c5ccc(-n6c7ccccc7c7cc(C#N)ccc76)cc5)nc(-c5cccc6c5oc5ccccc56)n4)cc3)(C1)C2. The average molecular weight is 740 g/mol. The van der Waals surface area contributed by atoms with Gasteiger partial charge < -0.3 is 8.98 Å². The normalized spacial score (nSPS) is 19.4. The molecule has 2 aliphatic carbocycles. The third kappa shape index (κ3) is 5.56. The summed E-state index contributed by atoms with van der Waals surface area (Å²) in [5.41, 5.74) is 9.88. The fraction of sp³-hybridized carbons (Fsp3) is 0.216. The Hall–Kier alpha value is -6.58. The summed E-state index contributed by atoms with van der Waals surface area (Å²) in [4.78, 5) is 15.5. The van der Waals surface area contributed by atoms with Crippen LogP contribution in [0.3, 0.4) is 0 Å². The number of aromatic nitrogens is 4. The van der Waals surface area contributed by atoms with Crippen molar-refractivity contribution >= 4 is 43.7 Å². The zero-order valence-corrected chi connectivity index (χ0v) is 32.0. The van der Waals surface area contributed by atoms with E-state index in [4.69, 9.17) is 19.4 Å². The minimum absolute atomic E-state index is 0.281.